The predicted molar refractivity (Wildman–Crippen MR) is 122 cm³/mol. The Labute approximate surface area is 199 Å². The summed E-state index contributed by atoms with van der Waals surface area (Å²) in [6.45, 7) is 7.49. The number of aliphatic hydroxyl groups is 2. The van der Waals surface area contributed by atoms with Gasteiger partial charge in [-0.2, -0.15) is 0 Å². The van der Waals surface area contributed by atoms with Crippen LogP contribution < -0.4 is 0 Å². The lowest BCUT2D eigenvalue weighted by Gasteiger charge is -2.39. The lowest BCUT2D eigenvalue weighted by atomic mass is 9.80. The lowest BCUT2D eigenvalue weighted by Crippen LogP contribution is -2.55. The van der Waals surface area contributed by atoms with Gasteiger partial charge in [-0.3, -0.25) is 9.59 Å². The fourth-order valence-electron chi connectivity index (χ4n) is 5.26. The van der Waals surface area contributed by atoms with Crippen LogP contribution in [0.4, 0.5) is 0 Å². The van der Waals surface area contributed by atoms with Gasteiger partial charge >= 0.3 is 0 Å². The highest BCUT2D eigenvalue weighted by Crippen LogP contribution is 2.50. The molecule has 2 aliphatic rings. The van der Waals surface area contributed by atoms with Crippen LogP contribution in [-0.2, 0) is 14.2 Å². The number of hydrogen-bond donors (Lipinski definition) is 4. The van der Waals surface area contributed by atoms with Crippen LogP contribution in [0.2, 0.25) is 0 Å². The van der Waals surface area contributed by atoms with Gasteiger partial charge in [-0.1, -0.05) is 34.1 Å². The minimum Gasteiger partial charge on any atom is -0.507 e. The third-order valence-electron chi connectivity index (χ3n) is 7.10. The molecular weight excluding hydrogens is 444 g/mol. The van der Waals surface area contributed by atoms with E-state index in [-0.39, 0.29) is 35.1 Å². The SMILES string of the molecule is CCC[C@@H](C(=O)c1cc([C@H](OC)C(C)C)c(O)c(C=O)c1O)[C@@H]1C[C@H](O)[C@]2(O[C@@H]2CC)[C@@H](O)O1. The zero-order valence-electron chi connectivity index (χ0n) is 20.4. The van der Waals surface area contributed by atoms with Crippen molar-refractivity contribution in [2.45, 2.75) is 89.7 Å². The highest BCUT2D eigenvalue weighted by molar-refractivity contribution is 6.04. The van der Waals surface area contributed by atoms with Crippen LogP contribution in [0.5, 0.6) is 11.5 Å². The van der Waals surface area contributed by atoms with Gasteiger partial charge in [0.25, 0.3) is 0 Å². The van der Waals surface area contributed by atoms with Gasteiger partial charge in [0, 0.05) is 25.0 Å². The quantitative estimate of drug-likeness (QED) is 0.225. The molecule has 0 bridgehead atoms. The molecule has 0 aromatic heterocycles. The van der Waals surface area contributed by atoms with Gasteiger partial charge in [0.15, 0.2) is 24.0 Å². The Morgan fingerprint density at radius 2 is 1.94 bits per heavy atom. The normalized spacial score (nSPS) is 30.4. The van der Waals surface area contributed by atoms with Crippen LogP contribution in [0.25, 0.3) is 0 Å². The highest BCUT2D eigenvalue weighted by Gasteiger charge is 2.68. The second-order valence-corrected chi connectivity index (χ2v) is 9.55. The number of aromatic hydroxyl groups is 2. The molecule has 1 spiro atoms. The van der Waals surface area contributed by atoms with Crippen molar-refractivity contribution in [3.05, 3.63) is 22.8 Å². The van der Waals surface area contributed by atoms with Gasteiger partial charge in [0.2, 0.25) is 0 Å². The molecule has 2 saturated heterocycles. The van der Waals surface area contributed by atoms with Crippen molar-refractivity contribution in [3.63, 3.8) is 0 Å². The van der Waals surface area contributed by atoms with Gasteiger partial charge in [-0.15, -0.1) is 0 Å². The van der Waals surface area contributed by atoms with Gasteiger partial charge in [-0.05, 0) is 24.8 Å². The van der Waals surface area contributed by atoms with E-state index in [1.807, 2.05) is 27.7 Å². The topological polar surface area (TPSA) is 146 Å². The molecule has 0 amide bonds. The molecule has 9 heteroatoms. The zero-order chi connectivity index (χ0) is 25.4. The fraction of sp³-hybridized carbons (Fsp3) is 0.680. The number of rotatable bonds is 10. The van der Waals surface area contributed by atoms with Crippen LogP contribution in [0.1, 0.15) is 85.8 Å². The number of epoxide rings is 1. The monoisotopic (exact) mass is 480 g/mol. The molecular formula is C25H36O9. The van der Waals surface area contributed by atoms with E-state index in [1.54, 1.807) is 0 Å². The average molecular weight is 481 g/mol. The summed E-state index contributed by atoms with van der Waals surface area (Å²) < 4.78 is 16.8. The third-order valence-corrected chi connectivity index (χ3v) is 7.10. The maximum absolute atomic E-state index is 13.7. The molecule has 9 nitrogen and oxygen atoms in total. The second-order valence-electron chi connectivity index (χ2n) is 9.55. The van der Waals surface area contributed by atoms with Crippen molar-refractivity contribution >= 4 is 12.1 Å². The van der Waals surface area contributed by atoms with Crippen molar-refractivity contribution in [1.29, 1.82) is 0 Å². The number of carbonyl (C=O) groups is 2. The summed E-state index contributed by atoms with van der Waals surface area (Å²) in [7, 11) is 1.46. The number of aliphatic hydroxyl groups excluding tert-OH is 2. The summed E-state index contributed by atoms with van der Waals surface area (Å²) in [5.74, 6) is -2.47. The first-order valence-electron chi connectivity index (χ1n) is 11.9. The van der Waals surface area contributed by atoms with E-state index in [4.69, 9.17) is 14.2 Å². The Morgan fingerprint density at radius 3 is 2.41 bits per heavy atom. The van der Waals surface area contributed by atoms with Crippen LogP contribution in [0.15, 0.2) is 6.07 Å². The molecule has 0 aliphatic carbocycles. The summed E-state index contributed by atoms with van der Waals surface area (Å²) >= 11 is 0. The summed E-state index contributed by atoms with van der Waals surface area (Å²) in [5, 5.41) is 42.7. The number of carbonyl (C=O) groups excluding carboxylic acids is 2. The Bertz CT molecular complexity index is 900. The molecule has 2 aliphatic heterocycles. The first-order valence-corrected chi connectivity index (χ1v) is 11.9. The lowest BCUT2D eigenvalue weighted by molar-refractivity contribution is -0.239. The van der Waals surface area contributed by atoms with Crippen LogP contribution in [-0.4, -0.2) is 69.8 Å². The minimum atomic E-state index is -1.40. The van der Waals surface area contributed by atoms with Crippen molar-refractivity contribution in [1.82, 2.24) is 0 Å². The fourth-order valence-corrected chi connectivity index (χ4v) is 5.26. The number of benzene rings is 1. The van der Waals surface area contributed by atoms with E-state index in [9.17, 15) is 30.0 Å². The number of aldehydes is 1. The van der Waals surface area contributed by atoms with Crippen LogP contribution in [0, 0.1) is 11.8 Å². The Hall–Kier alpha value is -2.04. The van der Waals surface area contributed by atoms with E-state index in [0.717, 1.165) is 0 Å². The molecule has 7 atom stereocenters. The standard InChI is InChI=1S/C25H36O9/c1-6-8-13(17-10-18(27)25(24(31)33-17)19(7-2)34-25)20(28)14-9-15(23(32-5)12(3)4)22(30)16(11-26)21(14)29/h9,11-13,17-19,23-24,27,29-31H,6-8,10H2,1-5H3/t13-,17+,18+,19-,23-,24+,25-/m1/s1. The van der Waals surface area contributed by atoms with Crippen molar-refractivity contribution in [2.75, 3.05) is 7.11 Å². The molecule has 1 aromatic carbocycles. The molecule has 0 unspecified atom stereocenters. The van der Waals surface area contributed by atoms with E-state index < -0.39 is 53.4 Å². The second kappa shape index (κ2) is 10.3. The minimum absolute atomic E-state index is 0.0723. The first kappa shape index (κ1) is 26.6. The summed E-state index contributed by atoms with van der Waals surface area (Å²) in [4.78, 5) is 25.4. The molecule has 190 valence electrons. The van der Waals surface area contributed by atoms with Crippen molar-refractivity contribution < 1.29 is 44.2 Å². The van der Waals surface area contributed by atoms with Gasteiger partial charge < -0.3 is 34.6 Å². The number of hydrogen-bond acceptors (Lipinski definition) is 9. The summed E-state index contributed by atoms with van der Waals surface area (Å²) in [6.07, 6.45) is -2.25. The zero-order valence-corrected chi connectivity index (χ0v) is 20.4. The maximum Gasteiger partial charge on any atom is 0.189 e. The van der Waals surface area contributed by atoms with E-state index in [2.05, 4.69) is 0 Å². The molecule has 34 heavy (non-hydrogen) atoms. The molecule has 0 radical (unpaired) electrons. The third kappa shape index (κ3) is 4.35. The van der Waals surface area contributed by atoms with Gasteiger partial charge in [0.05, 0.1) is 35.5 Å². The Kier molecular flexibility index (Phi) is 8.04. The molecule has 2 heterocycles. The first-order chi connectivity index (χ1) is 16.1. The molecule has 3 rings (SSSR count). The highest BCUT2D eigenvalue weighted by atomic mass is 16.7. The van der Waals surface area contributed by atoms with E-state index in [0.29, 0.717) is 25.5 Å². The van der Waals surface area contributed by atoms with Gasteiger partial charge in [0.1, 0.15) is 11.5 Å². The maximum atomic E-state index is 13.7. The number of ketones is 1. The molecule has 0 saturated carbocycles. The largest absolute Gasteiger partial charge is 0.507 e. The number of phenolic OH excluding ortho intramolecular Hbond substituents is 2. The Morgan fingerprint density at radius 1 is 1.26 bits per heavy atom. The Balaban J connectivity index is 1.99. The summed E-state index contributed by atoms with van der Waals surface area (Å²) in [5.41, 5.74) is -1.48. The van der Waals surface area contributed by atoms with Crippen molar-refractivity contribution in [3.8, 4) is 11.5 Å². The van der Waals surface area contributed by atoms with Crippen molar-refractivity contribution in [2.24, 2.45) is 11.8 Å². The number of phenols is 2. The van der Waals surface area contributed by atoms with E-state index in [1.165, 1.54) is 13.2 Å². The van der Waals surface area contributed by atoms with Crippen LogP contribution >= 0.6 is 0 Å². The molecule has 1 aromatic rings. The number of methoxy groups -OCH3 is 1. The smallest absolute Gasteiger partial charge is 0.189 e. The summed E-state index contributed by atoms with van der Waals surface area (Å²) in [6, 6.07) is 1.35. The average Bonchev–Trinajstić information content (AvgIpc) is 3.53. The number of Topliss-reactive ketones (excluding diaryl/α,β-unsaturated/α-hetero) is 1. The molecule has 2 fully saturated rings. The van der Waals surface area contributed by atoms with E-state index >= 15 is 0 Å². The predicted octanol–water partition coefficient (Wildman–Crippen LogP) is 2.87. The number of ether oxygens (including phenoxy) is 3. The van der Waals surface area contributed by atoms with Gasteiger partial charge in [-0.25, -0.2) is 0 Å². The van der Waals surface area contributed by atoms with Crippen LogP contribution in [0.3, 0.4) is 0 Å². The molecule has 4 N–H and O–H groups in total.